The van der Waals surface area contributed by atoms with Crippen molar-refractivity contribution >= 4 is 28.6 Å². The number of nitrogens with zero attached hydrogens (tertiary/aromatic N) is 4. The van der Waals surface area contributed by atoms with E-state index in [2.05, 4.69) is 22.0 Å². The normalized spacial score (nSPS) is 11.0. The Morgan fingerprint density at radius 1 is 1.04 bits per heavy atom. The van der Waals surface area contributed by atoms with Crippen LogP contribution < -0.4 is 0 Å². The molecule has 2 heterocycles. The highest BCUT2D eigenvalue weighted by Gasteiger charge is 2.13. The number of Topliss-reactive ketones (excluding diaryl/α,β-unsaturated/α-hetero) is 1. The summed E-state index contributed by atoms with van der Waals surface area (Å²) in [6.07, 6.45) is 4.24. The van der Waals surface area contributed by atoms with E-state index in [-0.39, 0.29) is 5.78 Å². The van der Waals surface area contributed by atoms with Gasteiger partial charge in [0.05, 0.1) is 23.0 Å². The summed E-state index contributed by atoms with van der Waals surface area (Å²) in [6.45, 7) is 2.10. The molecule has 6 heteroatoms. The van der Waals surface area contributed by atoms with E-state index in [0.29, 0.717) is 5.75 Å². The zero-order valence-corrected chi connectivity index (χ0v) is 15.7. The monoisotopic (exact) mass is 374 g/mol. The Morgan fingerprint density at radius 3 is 2.56 bits per heavy atom. The summed E-state index contributed by atoms with van der Waals surface area (Å²) >= 11 is 1.42. The van der Waals surface area contributed by atoms with E-state index in [1.165, 1.54) is 23.7 Å². The van der Waals surface area contributed by atoms with Crippen molar-refractivity contribution in [2.45, 2.75) is 18.4 Å². The van der Waals surface area contributed by atoms with Gasteiger partial charge in [-0.2, -0.15) is 5.10 Å². The summed E-state index contributed by atoms with van der Waals surface area (Å²) in [6, 6.07) is 17.6. The molecule has 27 heavy (non-hydrogen) atoms. The minimum absolute atomic E-state index is 0.0878. The van der Waals surface area contributed by atoms with Gasteiger partial charge in [0.25, 0.3) is 0 Å². The lowest BCUT2D eigenvalue weighted by Crippen LogP contribution is -2.03. The number of hydrogen-bond acceptors (Lipinski definition) is 5. The fourth-order valence-electron chi connectivity index (χ4n) is 2.84. The van der Waals surface area contributed by atoms with Crippen molar-refractivity contribution < 1.29 is 4.79 Å². The molecule has 0 aliphatic rings. The van der Waals surface area contributed by atoms with E-state index >= 15 is 0 Å². The number of fused-ring (bicyclic) bond motifs is 1. The standard InChI is InChI=1S/C21H18N4OS/c1-2-15-8-10-16(11-9-15)19(26)13-27-21-18-12-24-25(20(18)22-14-23-21)17-6-4-3-5-7-17/h3-12,14H,2,13H2,1H3. The van der Waals surface area contributed by atoms with Crippen molar-refractivity contribution in [1.82, 2.24) is 19.7 Å². The van der Waals surface area contributed by atoms with Crippen LogP contribution >= 0.6 is 11.8 Å². The number of carbonyl (C=O) groups is 1. The van der Waals surface area contributed by atoms with Crippen LogP contribution in [0.1, 0.15) is 22.8 Å². The minimum atomic E-state index is 0.0878. The van der Waals surface area contributed by atoms with Gasteiger partial charge in [-0.05, 0) is 24.1 Å². The van der Waals surface area contributed by atoms with Gasteiger partial charge in [-0.25, -0.2) is 14.6 Å². The Kier molecular flexibility index (Phi) is 4.98. The van der Waals surface area contributed by atoms with E-state index in [9.17, 15) is 4.79 Å². The molecule has 2 aromatic heterocycles. The summed E-state index contributed by atoms with van der Waals surface area (Å²) < 4.78 is 1.78. The number of ketones is 1. The molecule has 0 aliphatic heterocycles. The second-order valence-corrected chi connectivity index (χ2v) is 7.03. The van der Waals surface area contributed by atoms with Gasteiger partial charge in [0, 0.05) is 5.56 Å². The van der Waals surface area contributed by atoms with E-state index in [0.717, 1.165) is 33.7 Å². The number of aromatic nitrogens is 4. The number of benzene rings is 2. The maximum Gasteiger partial charge on any atom is 0.173 e. The van der Waals surface area contributed by atoms with Crippen LogP contribution in [-0.2, 0) is 6.42 Å². The van der Waals surface area contributed by atoms with Crippen molar-refractivity contribution in [2.24, 2.45) is 0 Å². The second kappa shape index (κ2) is 7.72. The summed E-state index contributed by atoms with van der Waals surface area (Å²) in [5.41, 5.74) is 3.63. The minimum Gasteiger partial charge on any atom is -0.293 e. The Bertz CT molecular complexity index is 1070. The SMILES string of the molecule is CCc1ccc(C(=O)CSc2ncnc3c2cnn3-c2ccccc2)cc1. The van der Waals surface area contributed by atoms with Crippen molar-refractivity contribution in [1.29, 1.82) is 0 Å². The van der Waals surface area contributed by atoms with Crippen LogP contribution in [0.5, 0.6) is 0 Å². The molecule has 4 aromatic rings. The van der Waals surface area contributed by atoms with Gasteiger partial charge in [0.2, 0.25) is 0 Å². The van der Waals surface area contributed by atoms with Crippen molar-refractivity contribution in [3.05, 3.63) is 78.2 Å². The molecule has 5 nitrogen and oxygen atoms in total. The Morgan fingerprint density at radius 2 is 1.81 bits per heavy atom. The Hall–Kier alpha value is -2.99. The van der Waals surface area contributed by atoms with Crippen LogP contribution in [-0.4, -0.2) is 31.3 Å². The number of thioether (sulfide) groups is 1. The summed E-state index contributed by atoms with van der Waals surface area (Å²) in [7, 11) is 0. The van der Waals surface area contributed by atoms with Crippen molar-refractivity contribution in [3.63, 3.8) is 0 Å². The van der Waals surface area contributed by atoms with Crippen LogP contribution in [0.15, 0.2) is 72.1 Å². The first-order chi connectivity index (χ1) is 13.3. The van der Waals surface area contributed by atoms with Gasteiger partial charge in [-0.15, -0.1) is 0 Å². The second-order valence-electron chi connectivity index (χ2n) is 6.07. The molecule has 0 radical (unpaired) electrons. The van der Waals surface area contributed by atoms with Gasteiger partial charge in [0.1, 0.15) is 11.4 Å². The van der Waals surface area contributed by atoms with Crippen molar-refractivity contribution in [2.75, 3.05) is 5.75 Å². The maximum absolute atomic E-state index is 12.5. The first-order valence-electron chi connectivity index (χ1n) is 8.75. The zero-order chi connectivity index (χ0) is 18.6. The highest BCUT2D eigenvalue weighted by atomic mass is 32.2. The maximum atomic E-state index is 12.5. The number of rotatable bonds is 6. The fraction of sp³-hybridized carbons (Fsp3) is 0.143. The third-order valence-corrected chi connectivity index (χ3v) is 5.36. The first-order valence-corrected chi connectivity index (χ1v) is 9.74. The van der Waals surface area contributed by atoms with Crippen LogP contribution in [0.3, 0.4) is 0 Å². The molecule has 0 saturated heterocycles. The third-order valence-electron chi connectivity index (χ3n) is 4.35. The lowest BCUT2D eigenvalue weighted by molar-refractivity contribution is 0.102. The van der Waals surface area contributed by atoms with Crippen LogP contribution in [0.25, 0.3) is 16.7 Å². The predicted molar refractivity (Wildman–Crippen MR) is 108 cm³/mol. The summed E-state index contributed by atoms with van der Waals surface area (Å²) in [5, 5.41) is 6.06. The fourth-order valence-corrected chi connectivity index (χ4v) is 3.70. The largest absolute Gasteiger partial charge is 0.293 e. The quantitative estimate of drug-likeness (QED) is 0.285. The van der Waals surface area contributed by atoms with Crippen LogP contribution in [0.2, 0.25) is 0 Å². The topological polar surface area (TPSA) is 60.7 Å². The van der Waals surface area contributed by atoms with Gasteiger partial charge < -0.3 is 0 Å². The average Bonchev–Trinajstić information content (AvgIpc) is 3.17. The lowest BCUT2D eigenvalue weighted by Gasteiger charge is -2.05. The number of carbonyl (C=O) groups excluding carboxylic acids is 1. The molecule has 2 aromatic carbocycles. The molecule has 0 saturated carbocycles. The molecular formula is C21H18N4OS. The third kappa shape index (κ3) is 3.61. The molecule has 0 unspecified atom stereocenters. The smallest absolute Gasteiger partial charge is 0.173 e. The molecule has 0 aliphatic carbocycles. The molecule has 134 valence electrons. The van der Waals surface area contributed by atoms with Crippen molar-refractivity contribution in [3.8, 4) is 5.69 Å². The van der Waals surface area contributed by atoms with Gasteiger partial charge >= 0.3 is 0 Å². The van der Waals surface area contributed by atoms with Gasteiger partial charge in [-0.1, -0.05) is 61.2 Å². The van der Waals surface area contributed by atoms with Gasteiger partial charge in [-0.3, -0.25) is 4.79 Å². The molecule has 4 rings (SSSR count). The molecule has 0 bridgehead atoms. The highest BCUT2D eigenvalue weighted by Crippen LogP contribution is 2.26. The number of aryl methyl sites for hydroxylation is 1. The van der Waals surface area contributed by atoms with E-state index in [1.54, 1.807) is 10.9 Å². The Balaban J connectivity index is 1.55. The summed E-state index contributed by atoms with van der Waals surface area (Å²) in [4.78, 5) is 21.2. The van der Waals surface area contributed by atoms with E-state index in [4.69, 9.17) is 0 Å². The predicted octanol–water partition coefficient (Wildman–Crippen LogP) is 4.35. The molecule has 0 N–H and O–H groups in total. The van der Waals surface area contributed by atoms with Crippen LogP contribution in [0, 0.1) is 0 Å². The van der Waals surface area contributed by atoms with E-state index < -0.39 is 0 Å². The zero-order valence-electron chi connectivity index (χ0n) is 14.9. The van der Waals surface area contributed by atoms with E-state index in [1.807, 2.05) is 54.6 Å². The number of hydrogen-bond donors (Lipinski definition) is 0. The summed E-state index contributed by atoms with van der Waals surface area (Å²) in [5.74, 6) is 0.415. The molecule has 0 amide bonds. The molecule has 0 spiro atoms. The lowest BCUT2D eigenvalue weighted by atomic mass is 10.1. The first kappa shape index (κ1) is 17.4. The molecule has 0 atom stereocenters. The highest BCUT2D eigenvalue weighted by molar-refractivity contribution is 8.00. The molecule has 0 fully saturated rings. The molecular weight excluding hydrogens is 356 g/mol. The van der Waals surface area contributed by atoms with Gasteiger partial charge in [0.15, 0.2) is 11.4 Å². The Labute approximate surface area is 161 Å². The number of para-hydroxylation sites is 1. The van der Waals surface area contributed by atoms with Crippen LogP contribution in [0.4, 0.5) is 0 Å². The average molecular weight is 374 g/mol.